The summed E-state index contributed by atoms with van der Waals surface area (Å²) in [5.74, 6) is -0.150. The number of aryl methyl sites for hydroxylation is 1. The molecule has 1 spiro atoms. The lowest BCUT2D eigenvalue weighted by Gasteiger charge is -2.33. The highest BCUT2D eigenvalue weighted by molar-refractivity contribution is 6.30. The Morgan fingerprint density at radius 3 is 2.58 bits per heavy atom. The Hall–Kier alpha value is -2.30. The van der Waals surface area contributed by atoms with Crippen molar-refractivity contribution in [2.75, 3.05) is 13.2 Å². The molecule has 1 fully saturated rings. The molecule has 2 N–H and O–H groups in total. The van der Waals surface area contributed by atoms with Gasteiger partial charge in [0.1, 0.15) is 11.3 Å². The van der Waals surface area contributed by atoms with E-state index in [9.17, 15) is 9.90 Å². The van der Waals surface area contributed by atoms with E-state index in [1.165, 1.54) is 0 Å². The van der Waals surface area contributed by atoms with Crippen LogP contribution in [0.5, 0.6) is 0 Å². The first-order chi connectivity index (χ1) is 12.5. The van der Waals surface area contributed by atoms with E-state index in [4.69, 9.17) is 16.3 Å². The van der Waals surface area contributed by atoms with Crippen molar-refractivity contribution in [2.45, 2.75) is 25.3 Å². The summed E-state index contributed by atoms with van der Waals surface area (Å²) in [7, 11) is 0. The molecule has 1 atom stereocenters. The SMILES string of the molecule is Cc1ccc(-c2ccc(Cl)cc2)cc1C1=C(O)C2(CCCOC2)NC1=O. The van der Waals surface area contributed by atoms with Gasteiger partial charge in [0.05, 0.1) is 12.2 Å². The Labute approximate surface area is 157 Å². The highest BCUT2D eigenvalue weighted by Crippen LogP contribution is 2.38. The highest BCUT2D eigenvalue weighted by Gasteiger charge is 2.47. The maximum Gasteiger partial charge on any atom is 0.256 e. The average Bonchev–Trinajstić information content (AvgIpc) is 2.87. The maximum absolute atomic E-state index is 12.7. The zero-order valence-corrected chi connectivity index (χ0v) is 15.3. The summed E-state index contributed by atoms with van der Waals surface area (Å²) in [6.45, 7) is 2.91. The first kappa shape index (κ1) is 17.1. The van der Waals surface area contributed by atoms with Crippen molar-refractivity contribution in [2.24, 2.45) is 0 Å². The van der Waals surface area contributed by atoms with E-state index in [0.717, 1.165) is 28.7 Å². The second kappa shape index (κ2) is 6.45. The zero-order chi connectivity index (χ0) is 18.3. The fourth-order valence-corrected chi connectivity index (χ4v) is 3.85. The van der Waals surface area contributed by atoms with Crippen LogP contribution in [0.2, 0.25) is 5.02 Å². The molecule has 1 amide bonds. The van der Waals surface area contributed by atoms with Gasteiger partial charge in [-0.2, -0.15) is 0 Å². The molecule has 2 heterocycles. The van der Waals surface area contributed by atoms with E-state index in [2.05, 4.69) is 5.32 Å². The van der Waals surface area contributed by atoms with Crippen LogP contribution in [0.4, 0.5) is 0 Å². The molecule has 2 aliphatic heterocycles. The number of aliphatic hydroxyl groups excluding tert-OH is 1. The van der Waals surface area contributed by atoms with Crippen molar-refractivity contribution in [3.05, 3.63) is 64.4 Å². The van der Waals surface area contributed by atoms with Gasteiger partial charge in [-0.1, -0.05) is 35.9 Å². The summed E-state index contributed by atoms with van der Waals surface area (Å²) in [5.41, 5.74) is 3.22. The number of halogens is 1. The summed E-state index contributed by atoms with van der Waals surface area (Å²) in [5, 5.41) is 14.5. The zero-order valence-electron chi connectivity index (χ0n) is 14.5. The van der Waals surface area contributed by atoms with Gasteiger partial charge < -0.3 is 15.2 Å². The van der Waals surface area contributed by atoms with Crippen molar-refractivity contribution in [1.29, 1.82) is 0 Å². The minimum atomic E-state index is -0.784. The fraction of sp³-hybridized carbons (Fsp3) is 0.286. The Kier molecular flexibility index (Phi) is 4.25. The number of rotatable bonds is 2. The van der Waals surface area contributed by atoms with Crippen LogP contribution in [0.15, 0.2) is 48.2 Å². The number of amides is 1. The molecule has 2 aliphatic rings. The van der Waals surface area contributed by atoms with E-state index in [1.54, 1.807) is 0 Å². The van der Waals surface area contributed by atoms with Gasteiger partial charge in [0.15, 0.2) is 0 Å². The van der Waals surface area contributed by atoms with Gasteiger partial charge >= 0.3 is 0 Å². The second-order valence-electron chi connectivity index (χ2n) is 6.95. The molecule has 0 radical (unpaired) electrons. The van der Waals surface area contributed by atoms with Crippen molar-refractivity contribution in [3.63, 3.8) is 0 Å². The lowest BCUT2D eigenvalue weighted by molar-refractivity contribution is -0.117. The summed E-state index contributed by atoms with van der Waals surface area (Å²) >= 11 is 5.97. The summed E-state index contributed by atoms with van der Waals surface area (Å²) < 4.78 is 5.52. The predicted octanol–water partition coefficient (Wildman–Crippen LogP) is 4.26. The number of benzene rings is 2. The topological polar surface area (TPSA) is 58.6 Å². The molecule has 0 saturated carbocycles. The Balaban J connectivity index is 1.80. The van der Waals surface area contributed by atoms with Crippen LogP contribution in [0, 0.1) is 6.92 Å². The molecule has 4 nitrogen and oxygen atoms in total. The van der Waals surface area contributed by atoms with Crippen molar-refractivity contribution < 1.29 is 14.6 Å². The first-order valence-electron chi connectivity index (χ1n) is 8.71. The third-order valence-corrected chi connectivity index (χ3v) is 5.45. The van der Waals surface area contributed by atoms with E-state index >= 15 is 0 Å². The Morgan fingerprint density at radius 1 is 1.15 bits per heavy atom. The molecule has 0 bridgehead atoms. The number of hydrogen-bond donors (Lipinski definition) is 2. The number of ether oxygens (including phenoxy) is 1. The van der Waals surface area contributed by atoms with Gasteiger partial charge in [-0.05, 0) is 60.2 Å². The number of nitrogens with one attached hydrogen (secondary N) is 1. The highest BCUT2D eigenvalue weighted by atomic mass is 35.5. The van der Waals surface area contributed by atoms with Crippen LogP contribution < -0.4 is 5.32 Å². The number of carbonyl (C=O) groups excluding carboxylic acids is 1. The summed E-state index contributed by atoms with van der Waals surface area (Å²) in [4.78, 5) is 12.7. The lowest BCUT2D eigenvalue weighted by atomic mass is 9.88. The molecule has 2 aromatic carbocycles. The third kappa shape index (κ3) is 2.79. The third-order valence-electron chi connectivity index (χ3n) is 5.20. The number of carbonyl (C=O) groups is 1. The molecular formula is C21H20ClNO3. The van der Waals surface area contributed by atoms with Gasteiger partial charge in [-0.25, -0.2) is 0 Å². The van der Waals surface area contributed by atoms with Crippen LogP contribution in [0.3, 0.4) is 0 Å². The molecule has 4 rings (SSSR count). The fourth-order valence-electron chi connectivity index (χ4n) is 3.73. The van der Waals surface area contributed by atoms with Crippen LogP contribution in [-0.2, 0) is 9.53 Å². The van der Waals surface area contributed by atoms with E-state index in [0.29, 0.717) is 30.2 Å². The van der Waals surface area contributed by atoms with Crippen molar-refractivity contribution in [1.82, 2.24) is 5.32 Å². The van der Waals surface area contributed by atoms with E-state index in [-0.39, 0.29) is 11.7 Å². The largest absolute Gasteiger partial charge is 0.509 e. The molecular weight excluding hydrogens is 350 g/mol. The molecule has 5 heteroatoms. The summed E-state index contributed by atoms with van der Waals surface area (Å²) in [6.07, 6.45) is 1.49. The van der Waals surface area contributed by atoms with Gasteiger partial charge in [0, 0.05) is 11.6 Å². The Bertz CT molecular complexity index is 896. The molecule has 1 unspecified atom stereocenters. The van der Waals surface area contributed by atoms with Gasteiger partial charge in [0.25, 0.3) is 5.91 Å². The molecule has 26 heavy (non-hydrogen) atoms. The van der Waals surface area contributed by atoms with Crippen LogP contribution >= 0.6 is 11.6 Å². The quantitative estimate of drug-likeness (QED) is 0.831. The molecule has 134 valence electrons. The van der Waals surface area contributed by atoms with Crippen LogP contribution in [0.25, 0.3) is 16.7 Å². The second-order valence-corrected chi connectivity index (χ2v) is 7.39. The molecule has 2 aromatic rings. The molecule has 0 aromatic heterocycles. The van der Waals surface area contributed by atoms with Crippen molar-refractivity contribution >= 4 is 23.1 Å². The van der Waals surface area contributed by atoms with Gasteiger partial charge in [-0.3, -0.25) is 4.79 Å². The standard InChI is InChI=1S/C21H20ClNO3/c1-13-3-4-15(14-5-7-16(22)8-6-14)11-17(13)18-19(24)21(23-20(18)25)9-2-10-26-12-21/h3-8,11,24H,2,9-10,12H2,1H3,(H,23,25). The minimum Gasteiger partial charge on any atom is -0.509 e. The van der Waals surface area contributed by atoms with Crippen LogP contribution in [0.1, 0.15) is 24.0 Å². The molecule has 0 aliphatic carbocycles. The van der Waals surface area contributed by atoms with E-state index in [1.807, 2.05) is 49.4 Å². The normalized spacial score (nSPS) is 22.8. The lowest BCUT2D eigenvalue weighted by Crippen LogP contribution is -2.50. The Morgan fingerprint density at radius 2 is 1.88 bits per heavy atom. The summed E-state index contributed by atoms with van der Waals surface area (Å²) in [6, 6.07) is 13.5. The maximum atomic E-state index is 12.7. The first-order valence-corrected chi connectivity index (χ1v) is 9.09. The van der Waals surface area contributed by atoms with E-state index < -0.39 is 5.54 Å². The van der Waals surface area contributed by atoms with Gasteiger partial charge in [-0.15, -0.1) is 0 Å². The number of hydrogen-bond acceptors (Lipinski definition) is 3. The minimum absolute atomic E-state index is 0.0959. The predicted molar refractivity (Wildman–Crippen MR) is 102 cm³/mol. The smallest absolute Gasteiger partial charge is 0.256 e. The van der Waals surface area contributed by atoms with Crippen molar-refractivity contribution in [3.8, 4) is 11.1 Å². The average molecular weight is 370 g/mol. The van der Waals surface area contributed by atoms with Crippen LogP contribution in [-0.4, -0.2) is 29.8 Å². The van der Waals surface area contributed by atoms with Gasteiger partial charge in [0.2, 0.25) is 0 Å². The molecule has 1 saturated heterocycles. The number of aliphatic hydroxyl groups is 1. The monoisotopic (exact) mass is 369 g/mol.